The molecule has 4 heterocycles. The summed E-state index contributed by atoms with van der Waals surface area (Å²) in [6, 6.07) is 10.6. The third kappa shape index (κ3) is 3.20. The van der Waals surface area contributed by atoms with E-state index in [0.717, 1.165) is 30.0 Å². The molecular formula is C20H21N3O2S. The number of aromatic nitrogens is 2. The average molecular weight is 367 g/mol. The Balaban J connectivity index is 1.33. The fourth-order valence-electron chi connectivity index (χ4n) is 3.65. The van der Waals surface area contributed by atoms with Gasteiger partial charge in [0.2, 0.25) is 5.82 Å². The number of ether oxygens (including phenoxy) is 1. The van der Waals surface area contributed by atoms with Crippen molar-refractivity contribution in [1.82, 2.24) is 15.0 Å². The maximum atomic E-state index is 5.52. The largest absolute Gasteiger partial charge is 0.376 e. The molecule has 5 rings (SSSR count). The van der Waals surface area contributed by atoms with Crippen molar-refractivity contribution in [3.63, 3.8) is 0 Å². The molecule has 0 amide bonds. The molecule has 2 aliphatic heterocycles. The fourth-order valence-corrected chi connectivity index (χ4v) is 4.72. The first-order valence-corrected chi connectivity index (χ1v) is 10.0. The van der Waals surface area contributed by atoms with E-state index in [9.17, 15) is 0 Å². The molecule has 2 aliphatic rings. The standard InChI is InChI=1S/C20H21N3O2S/c1-2-9-23(8-1)12-14-3-5-15(6-4-14)19-21-20(25-22-19)18-11-16-13-24-10-7-17(16)26-18/h3-6,11H,1-2,7-10,12-13H2. The zero-order valence-corrected chi connectivity index (χ0v) is 15.4. The molecular weight excluding hydrogens is 346 g/mol. The quantitative estimate of drug-likeness (QED) is 0.694. The third-order valence-corrected chi connectivity index (χ3v) is 6.31. The van der Waals surface area contributed by atoms with E-state index in [2.05, 4.69) is 45.4 Å². The molecule has 0 radical (unpaired) electrons. The molecule has 6 heteroatoms. The Labute approximate surface area is 156 Å². The van der Waals surface area contributed by atoms with Crippen molar-refractivity contribution in [1.29, 1.82) is 0 Å². The van der Waals surface area contributed by atoms with Crippen LogP contribution in [0.4, 0.5) is 0 Å². The average Bonchev–Trinajstić information content (AvgIpc) is 3.42. The highest BCUT2D eigenvalue weighted by atomic mass is 32.1. The van der Waals surface area contributed by atoms with Gasteiger partial charge in [-0.1, -0.05) is 29.4 Å². The second kappa shape index (κ2) is 6.95. The summed E-state index contributed by atoms with van der Waals surface area (Å²) in [5, 5.41) is 4.18. The normalized spacial score (nSPS) is 17.5. The van der Waals surface area contributed by atoms with Gasteiger partial charge in [0.1, 0.15) is 0 Å². The minimum atomic E-state index is 0.598. The van der Waals surface area contributed by atoms with Crippen molar-refractivity contribution >= 4 is 11.3 Å². The summed E-state index contributed by atoms with van der Waals surface area (Å²) >= 11 is 1.74. The van der Waals surface area contributed by atoms with Gasteiger partial charge in [0.25, 0.3) is 5.89 Å². The van der Waals surface area contributed by atoms with Gasteiger partial charge in [0, 0.05) is 23.4 Å². The first-order valence-electron chi connectivity index (χ1n) is 9.20. The predicted octanol–water partition coefficient (Wildman–Crippen LogP) is 4.13. The van der Waals surface area contributed by atoms with Gasteiger partial charge in [-0.2, -0.15) is 4.98 Å². The number of thiophene rings is 1. The molecule has 0 N–H and O–H groups in total. The zero-order valence-electron chi connectivity index (χ0n) is 14.6. The maximum Gasteiger partial charge on any atom is 0.268 e. The first-order chi connectivity index (χ1) is 12.8. The molecule has 5 nitrogen and oxygen atoms in total. The van der Waals surface area contributed by atoms with E-state index in [1.807, 2.05) is 0 Å². The highest BCUT2D eigenvalue weighted by Crippen LogP contribution is 2.34. The Morgan fingerprint density at radius 1 is 1.12 bits per heavy atom. The van der Waals surface area contributed by atoms with E-state index < -0.39 is 0 Å². The van der Waals surface area contributed by atoms with Crippen LogP contribution in [-0.2, 0) is 24.3 Å². The monoisotopic (exact) mass is 367 g/mol. The number of likely N-dealkylation sites (tertiary alicyclic amines) is 1. The summed E-state index contributed by atoms with van der Waals surface area (Å²) in [5.41, 5.74) is 3.59. The molecule has 0 unspecified atom stereocenters. The minimum Gasteiger partial charge on any atom is -0.376 e. The lowest BCUT2D eigenvalue weighted by atomic mass is 10.1. The number of rotatable bonds is 4. The molecule has 0 saturated carbocycles. The topological polar surface area (TPSA) is 51.4 Å². The molecule has 2 aromatic heterocycles. The van der Waals surface area contributed by atoms with Gasteiger partial charge in [-0.25, -0.2) is 0 Å². The summed E-state index contributed by atoms with van der Waals surface area (Å²) in [4.78, 5) is 9.52. The molecule has 1 saturated heterocycles. The van der Waals surface area contributed by atoms with Crippen LogP contribution in [0.2, 0.25) is 0 Å². The van der Waals surface area contributed by atoms with E-state index in [1.165, 1.54) is 41.9 Å². The van der Waals surface area contributed by atoms with Crippen LogP contribution in [0, 0.1) is 0 Å². The summed E-state index contributed by atoms with van der Waals surface area (Å²) in [5.74, 6) is 1.25. The van der Waals surface area contributed by atoms with Gasteiger partial charge in [-0.15, -0.1) is 11.3 Å². The van der Waals surface area contributed by atoms with Crippen molar-refractivity contribution in [3.05, 3.63) is 46.3 Å². The van der Waals surface area contributed by atoms with Crippen molar-refractivity contribution in [2.45, 2.75) is 32.4 Å². The second-order valence-corrected chi connectivity index (χ2v) is 8.10. The number of hydrogen-bond acceptors (Lipinski definition) is 6. The van der Waals surface area contributed by atoms with Gasteiger partial charge in [0.05, 0.1) is 18.1 Å². The van der Waals surface area contributed by atoms with Gasteiger partial charge < -0.3 is 9.26 Å². The molecule has 0 spiro atoms. The lowest BCUT2D eigenvalue weighted by Gasteiger charge is -2.14. The van der Waals surface area contributed by atoms with Crippen LogP contribution in [0.15, 0.2) is 34.9 Å². The van der Waals surface area contributed by atoms with Gasteiger partial charge in [-0.3, -0.25) is 4.90 Å². The lowest BCUT2D eigenvalue weighted by Crippen LogP contribution is -2.18. The summed E-state index contributed by atoms with van der Waals surface area (Å²) < 4.78 is 11.0. The summed E-state index contributed by atoms with van der Waals surface area (Å²) in [6.45, 7) is 4.94. The van der Waals surface area contributed by atoms with E-state index >= 15 is 0 Å². The maximum absolute atomic E-state index is 5.52. The van der Waals surface area contributed by atoms with Crippen molar-refractivity contribution in [2.24, 2.45) is 0 Å². The summed E-state index contributed by atoms with van der Waals surface area (Å²) in [7, 11) is 0. The second-order valence-electron chi connectivity index (χ2n) is 6.96. The number of nitrogens with zero attached hydrogens (tertiary/aromatic N) is 3. The number of benzene rings is 1. The highest BCUT2D eigenvalue weighted by molar-refractivity contribution is 7.15. The van der Waals surface area contributed by atoms with E-state index in [-0.39, 0.29) is 0 Å². The zero-order chi connectivity index (χ0) is 17.3. The summed E-state index contributed by atoms with van der Waals surface area (Å²) in [6.07, 6.45) is 3.61. The lowest BCUT2D eigenvalue weighted by molar-refractivity contribution is 0.112. The molecule has 0 atom stereocenters. The van der Waals surface area contributed by atoms with Crippen LogP contribution in [0.5, 0.6) is 0 Å². The van der Waals surface area contributed by atoms with Crippen LogP contribution in [0.1, 0.15) is 28.8 Å². The Bertz CT molecular complexity index is 871. The minimum absolute atomic E-state index is 0.598. The van der Waals surface area contributed by atoms with Gasteiger partial charge in [0.15, 0.2) is 0 Å². The van der Waals surface area contributed by atoms with Crippen LogP contribution in [0.3, 0.4) is 0 Å². The fraction of sp³-hybridized carbons (Fsp3) is 0.400. The van der Waals surface area contributed by atoms with Crippen LogP contribution in [0.25, 0.3) is 22.2 Å². The first kappa shape index (κ1) is 16.2. The smallest absolute Gasteiger partial charge is 0.268 e. The Hall–Kier alpha value is -2.02. The Morgan fingerprint density at radius 2 is 1.96 bits per heavy atom. The number of fused-ring (bicyclic) bond motifs is 1. The van der Waals surface area contributed by atoms with Crippen LogP contribution >= 0.6 is 11.3 Å². The molecule has 26 heavy (non-hydrogen) atoms. The molecule has 1 aromatic carbocycles. The van der Waals surface area contributed by atoms with E-state index in [1.54, 1.807) is 11.3 Å². The van der Waals surface area contributed by atoms with Gasteiger partial charge in [-0.05, 0) is 43.1 Å². The number of hydrogen-bond donors (Lipinski definition) is 0. The predicted molar refractivity (Wildman–Crippen MR) is 101 cm³/mol. The molecule has 0 bridgehead atoms. The Morgan fingerprint density at radius 3 is 2.77 bits per heavy atom. The Kier molecular flexibility index (Phi) is 4.32. The van der Waals surface area contributed by atoms with Crippen LogP contribution in [-0.4, -0.2) is 34.7 Å². The molecule has 3 aromatic rings. The third-order valence-electron chi connectivity index (χ3n) is 5.08. The molecule has 0 aliphatic carbocycles. The van der Waals surface area contributed by atoms with Crippen LogP contribution < -0.4 is 0 Å². The van der Waals surface area contributed by atoms with E-state index in [4.69, 9.17) is 9.26 Å². The van der Waals surface area contributed by atoms with Gasteiger partial charge >= 0.3 is 0 Å². The SMILES string of the molecule is c1cc(-c2noc(-c3cc4c(s3)CCOC4)n2)ccc1CN1CCCC1. The molecule has 1 fully saturated rings. The van der Waals surface area contributed by atoms with Crippen molar-refractivity contribution in [2.75, 3.05) is 19.7 Å². The van der Waals surface area contributed by atoms with E-state index in [0.29, 0.717) is 18.3 Å². The van der Waals surface area contributed by atoms with Crippen molar-refractivity contribution in [3.8, 4) is 22.2 Å². The highest BCUT2D eigenvalue weighted by Gasteiger charge is 2.19. The molecule has 134 valence electrons. The van der Waals surface area contributed by atoms with Crippen molar-refractivity contribution < 1.29 is 9.26 Å².